The number of benzene rings is 1. The van der Waals surface area contributed by atoms with Crippen molar-refractivity contribution in [3.63, 3.8) is 0 Å². The summed E-state index contributed by atoms with van der Waals surface area (Å²) in [5, 5.41) is 11.8. The molecule has 0 radical (unpaired) electrons. The van der Waals surface area contributed by atoms with Gasteiger partial charge in [0.05, 0.1) is 5.56 Å². The van der Waals surface area contributed by atoms with Crippen LogP contribution in [0.1, 0.15) is 42.6 Å². The van der Waals surface area contributed by atoms with Crippen molar-refractivity contribution in [2.75, 3.05) is 0 Å². The molecular formula is C19H19F3N2O4. The van der Waals surface area contributed by atoms with Crippen molar-refractivity contribution in [1.29, 1.82) is 0 Å². The number of amides is 1. The second-order valence-electron chi connectivity index (χ2n) is 6.35. The molecule has 28 heavy (non-hydrogen) atoms. The van der Waals surface area contributed by atoms with Crippen molar-refractivity contribution in [1.82, 2.24) is 10.3 Å². The van der Waals surface area contributed by atoms with Gasteiger partial charge in [-0.1, -0.05) is 13.3 Å². The first-order chi connectivity index (χ1) is 13.0. The van der Waals surface area contributed by atoms with Crippen LogP contribution in [0.2, 0.25) is 0 Å². The van der Waals surface area contributed by atoms with Crippen LogP contribution in [0.25, 0.3) is 0 Å². The first kappa shape index (κ1) is 21.2. The normalized spacial score (nSPS) is 13.5. The molecule has 0 aliphatic heterocycles. The van der Waals surface area contributed by atoms with Crippen LogP contribution in [0, 0.1) is 0 Å². The van der Waals surface area contributed by atoms with Gasteiger partial charge in [0.1, 0.15) is 11.3 Å². The van der Waals surface area contributed by atoms with Crippen LogP contribution in [-0.4, -0.2) is 27.5 Å². The number of nitrogens with one attached hydrogen (secondary N) is 1. The minimum atomic E-state index is -4.48. The van der Waals surface area contributed by atoms with E-state index in [-0.39, 0.29) is 23.6 Å². The molecule has 2 aromatic rings. The number of aromatic nitrogens is 1. The highest BCUT2D eigenvalue weighted by Gasteiger charge is 2.34. The molecule has 2 rings (SSSR count). The highest BCUT2D eigenvalue weighted by Crippen LogP contribution is 2.30. The van der Waals surface area contributed by atoms with Gasteiger partial charge in [0.15, 0.2) is 0 Å². The summed E-state index contributed by atoms with van der Waals surface area (Å²) in [4.78, 5) is 27.3. The highest BCUT2D eigenvalue weighted by atomic mass is 19.4. The van der Waals surface area contributed by atoms with E-state index in [1.165, 1.54) is 31.2 Å². The van der Waals surface area contributed by atoms with Gasteiger partial charge in [-0.25, -0.2) is 9.78 Å². The molecule has 1 heterocycles. The van der Waals surface area contributed by atoms with E-state index in [0.29, 0.717) is 12.6 Å². The first-order valence-electron chi connectivity index (χ1n) is 8.42. The third kappa shape index (κ3) is 5.21. The molecule has 0 spiro atoms. The third-order valence-corrected chi connectivity index (χ3v) is 4.01. The number of pyridine rings is 1. The zero-order valence-electron chi connectivity index (χ0n) is 15.2. The molecule has 1 unspecified atom stereocenters. The van der Waals surface area contributed by atoms with Gasteiger partial charge < -0.3 is 15.2 Å². The Kier molecular flexibility index (Phi) is 6.27. The lowest BCUT2D eigenvalue weighted by atomic mass is 9.96. The predicted molar refractivity (Wildman–Crippen MR) is 94.2 cm³/mol. The molecule has 0 aliphatic carbocycles. The van der Waals surface area contributed by atoms with Crippen molar-refractivity contribution >= 4 is 11.9 Å². The molecule has 1 amide bonds. The van der Waals surface area contributed by atoms with Gasteiger partial charge >= 0.3 is 12.1 Å². The van der Waals surface area contributed by atoms with E-state index in [9.17, 15) is 27.9 Å². The van der Waals surface area contributed by atoms with Crippen LogP contribution in [0.15, 0.2) is 42.6 Å². The lowest BCUT2D eigenvalue weighted by Crippen LogP contribution is -2.52. The molecule has 1 aromatic carbocycles. The summed E-state index contributed by atoms with van der Waals surface area (Å²) in [6.45, 7) is 3.25. The molecule has 2 N–H and O–H groups in total. The molecule has 1 atom stereocenters. The number of alkyl halides is 3. The van der Waals surface area contributed by atoms with Gasteiger partial charge in [-0.2, -0.15) is 13.2 Å². The number of halogens is 3. The second kappa shape index (κ2) is 8.28. The molecular weight excluding hydrogens is 377 g/mol. The van der Waals surface area contributed by atoms with E-state index in [1.54, 1.807) is 0 Å². The summed E-state index contributed by atoms with van der Waals surface area (Å²) < 4.78 is 42.9. The van der Waals surface area contributed by atoms with Gasteiger partial charge in [-0.3, -0.25) is 4.79 Å². The Bertz CT molecular complexity index is 836. The van der Waals surface area contributed by atoms with Crippen molar-refractivity contribution in [3.8, 4) is 11.6 Å². The zero-order chi connectivity index (χ0) is 20.9. The number of ether oxygens (including phenoxy) is 1. The average molecular weight is 396 g/mol. The van der Waals surface area contributed by atoms with Gasteiger partial charge in [0.2, 0.25) is 5.88 Å². The Hall–Kier alpha value is -3.10. The summed E-state index contributed by atoms with van der Waals surface area (Å²) >= 11 is 0. The summed E-state index contributed by atoms with van der Waals surface area (Å²) in [5.41, 5.74) is -2.05. The lowest BCUT2D eigenvalue weighted by Gasteiger charge is -2.25. The van der Waals surface area contributed by atoms with Gasteiger partial charge in [-0.05, 0) is 43.7 Å². The number of nitrogens with zero attached hydrogens (tertiary/aromatic N) is 1. The summed E-state index contributed by atoms with van der Waals surface area (Å²) in [5.74, 6) is -1.46. The van der Waals surface area contributed by atoms with Crippen LogP contribution in [0.5, 0.6) is 11.6 Å². The minimum Gasteiger partial charge on any atom is -0.480 e. The van der Waals surface area contributed by atoms with E-state index >= 15 is 0 Å². The van der Waals surface area contributed by atoms with Gasteiger partial charge in [-0.15, -0.1) is 0 Å². The summed E-state index contributed by atoms with van der Waals surface area (Å²) in [6, 6.07) is 7.65. The third-order valence-electron chi connectivity index (χ3n) is 4.01. The first-order valence-corrected chi connectivity index (χ1v) is 8.42. The maximum absolute atomic E-state index is 12.5. The fraction of sp³-hybridized carbons (Fsp3) is 0.316. The fourth-order valence-corrected chi connectivity index (χ4v) is 2.45. The van der Waals surface area contributed by atoms with E-state index in [2.05, 4.69) is 10.3 Å². The van der Waals surface area contributed by atoms with Crippen LogP contribution >= 0.6 is 0 Å². The number of carboxylic acids is 1. The minimum absolute atomic E-state index is 0.0356. The van der Waals surface area contributed by atoms with Crippen molar-refractivity contribution in [2.45, 2.75) is 38.4 Å². The van der Waals surface area contributed by atoms with Crippen molar-refractivity contribution in [2.24, 2.45) is 0 Å². The maximum Gasteiger partial charge on any atom is 0.417 e. The largest absolute Gasteiger partial charge is 0.480 e. The van der Waals surface area contributed by atoms with Crippen molar-refractivity contribution < 1.29 is 32.6 Å². The van der Waals surface area contributed by atoms with Crippen LogP contribution in [0.4, 0.5) is 13.2 Å². The number of hydrogen-bond acceptors (Lipinski definition) is 4. The van der Waals surface area contributed by atoms with Crippen molar-refractivity contribution in [3.05, 3.63) is 53.7 Å². The average Bonchev–Trinajstić information content (AvgIpc) is 2.62. The van der Waals surface area contributed by atoms with E-state index in [0.717, 1.165) is 12.1 Å². The van der Waals surface area contributed by atoms with Crippen LogP contribution in [-0.2, 0) is 11.0 Å². The molecule has 6 nitrogen and oxygen atoms in total. The molecule has 1 aromatic heterocycles. The Balaban J connectivity index is 2.06. The number of carbonyl (C=O) groups excluding carboxylic acids is 1. The molecule has 0 aliphatic rings. The molecule has 0 bridgehead atoms. The fourth-order valence-electron chi connectivity index (χ4n) is 2.45. The molecule has 0 saturated heterocycles. The van der Waals surface area contributed by atoms with Crippen LogP contribution in [0.3, 0.4) is 0 Å². The molecule has 0 fully saturated rings. The van der Waals surface area contributed by atoms with E-state index < -0.39 is 29.2 Å². The molecule has 0 saturated carbocycles. The topological polar surface area (TPSA) is 88.5 Å². The number of carbonyl (C=O) groups is 2. The van der Waals surface area contributed by atoms with Gasteiger partial charge in [0.25, 0.3) is 5.91 Å². The maximum atomic E-state index is 12.5. The Morgan fingerprint density at radius 3 is 2.25 bits per heavy atom. The number of aliphatic carboxylic acids is 1. The Labute approximate surface area is 159 Å². The predicted octanol–water partition coefficient (Wildman–Crippen LogP) is 4.27. The smallest absolute Gasteiger partial charge is 0.417 e. The Morgan fingerprint density at radius 2 is 1.79 bits per heavy atom. The van der Waals surface area contributed by atoms with E-state index in [1.807, 2.05) is 6.92 Å². The standard InChI is InChI=1S/C19H19F3N2O4/c1-3-10-18(2,17(26)27)24-16(25)12-4-7-14(8-5-12)28-15-9-6-13(11-23-15)19(20,21)22/h4-9,11H,3,10H2,1-2H3,(H,24,25)(H,26,27). The van der Waals surface area contributed by atoms with E-state index in [4.69, 9.17) is 4.74 Å². The molecule has 150 valence electrons. The summed E-state index contributed by atoms with van der Waals surface area (Å²) in [7, 11) is 0. The lowest BCUT2D eigenvalue weighted by molar-refractivity contribution is -0.144. The molecule has 9 heteroatoms. The zero-order valence-corrected chi connectivity index (χ0v) is 15.2. The summed E-state index contributed by atoms with van der Waals surface area (Å²) in [6.07, 6.45) is -2.97. The quantitative estimate of drug-likeness (QED) is 0.730. The number of hydrogen-bond donors (Lipinski definition) is 2. The number of rotatable bonds is 7. The highest BCUT2D eigenvalue weighted by molar-refractivity contribution is 5.97. The Morgan fingerprint density at radius 1 is 1.14 bits per heavy atom. The number of carboxylic acid groups (broad SMARTS) is 1. The second-order valence-corrected chi connectivity index (χ2v) is 6.35. The SMILES string of the molecule is CCCC(C)(NC(=O)c1ccc(Oc2ccc(C(F)(F)F)cn2)cc1)C(=O)O. The van der Waals surface area contributed by atoms with Gasteiger partial charge in [0, 0.05) is 17.8 Å². The van der Waals surface area contributed by atoms with Crippen LogP contribution < -0.4 is 10.1 Å². The monoisotopic (exact) mass is 396 g/mol.